The summed E-state index contributed by atoms with van der Waals surface area (Å²) in [4.78, 5) is 11.9. The first kappa shape index (κ1) is 15.2. The van der Waals surface area contributed by atoms with Gasteiger partial charge in [-0.1, -0.05) is 48.5 Å². The molecule has 1 amide bonds. The Morgan fingerprint density at radius 3 is 2.48 bits per heavy atom. The van der Waals surface area contributed by atoms with Crippen LogP contribution in [0.5, 0.6) is 0 Å². The maximum atomic E-state index is 13.4. The molecule has 0 aliphatic heterocycles. The van der Waals surface area contributed by atoms with E-state index < -0.39 is 6.04 Å². The van der Waals surface area contributed by atoms with Gasteiger partial charge in [0.25, 0.3) is 0 Å². The van der Waals surface area contributed by atoms with Crippen LogP contribution >= 0.6 is 0 Å². The quantitative estimate of drug-likeness (QED) is 0.854. The smallest absolute Gasteiger partial charge is 0.237 e. The summed E-state index contributed by atoms with van der Waals surface area (Å²) in [5.41, 5.74) is 7.49. The molecule has 0 aliphatic carbocycles. The zero-order valence-corrected chi connectivity index (χ0v) is 11.8. The molecule has 110 valence electrons. The highest BCUT2D eigenvalue weighted by atomic mass is 19.1. The van der Waals surface area contributed by atoms with Gasteiger partial charge in [0.05, 0.1) is 6.04 Å². The number of carbonyl (C=O) groups is 1. The molecule has 0 saturated carbocycles. The van der Waals surface area contributed by atoms with E-state index in [1.807, 2.05) is 30.3 Å². The van der Waals surface area contributed by atoms with Gasteiger partial charge < -0.3 is 11.1 Å². The molecule has 2 aromatic rings. The van der Waals surface area contributed by atoms with Gasteiger partial charge in [-0.15, -0.1) is 0 Å². The Labute approximate surface area is 124 Å². The standard InChI is InChI=1S/C17H19FN2O/c18-15-9-5-4-8-14(15)10-11-20-17(21)16(19)12-13-6-2-1-3-7-13/h1-9,16H,10-12,19H2,(H,20,21). The summed E-state index contributed by atoms with van der Waals surface area (Å²) in [6.45, 7) is 0.377. The fourth-order valence-electron chi connectivity index (χ4n) is 2.11. The van der Waals surface area contributed by atoms with Crippen LogP contribution in [-0.4, -0.2) is 18.5 Å². The summed E-state index contributed by atoms with van der Waals surface area (Å²) in [6, 6.07) is 15.6. The number of carbonyl (C=O) groups excluding carboxylic acids is 1. The Bertz CT molecular complexity index is 586. The van der Waals surface area contributed by atoms with Gasteiger partial charge in [0.15, 0.2) is 0 Å². The highest BCUT2D eigenvalue weighted by Crippen LogP contribution is 2.06. The van der Waals surface area contributed by atoms with Gasteiger partial charge in [-0.25, -0.2) is 4.39 Å². The van der Waals surface area contributed by atoms with Crippen LogP contribution in [0.4, 0.5) is 4.39 Å². The molecule has 0 spiro atoms. The van der Waals surface area contributed by atoms with Gasteiger partial charge in [-0.3, -0.25) is 4.79 Å². The topological polar surface area (TPSA) is 55.1 Å². The summed E-state index contributed by atoms with van der Waals surface area (Å²) in [7, 11) is 0. The fourth-order valence-corrected chi connectivity index (χ4v) is 2.11. The van der Waals surface area contributed by atoms with Crippen molar-refractivity contribution in [2.24, 2.45) is 5.73 Å². The van der Waals surface area contributed by atoms with Crippen LogP contribution in [0.3, 0.4) is 0 Å². The third kappa shape index (κ3) is 4.68. The Morgan fingerprint density at radius 1 is 1.10 bits per heavy atom. The molecule has 0 aliphatic rings. The van der Waals surface area contributed by atoms with Crippen LogP contribution in [0.2, 0.25) is 0 Å². The van der Waals surface area contributed by atoms with E-state index in [0.29, 0.717) is 24.9 Å². The number of amides is 1. The number of rotatable bonds is 6. The van der Waals surface area contributed by atoms with Crippen LogP contribution in [0.1, 0.15) is 11.1 Å². The Kier molecular flexibility index (Phi) is 5.46. The lowest BCUT2D eigenvalue weighted by atomic mass is 10.1. The van der Waals surface area contributed by atoms with Crippen molar-refractivity contribution in [2.45, 2.75) is 18.9 Å². The second kappa shape index (κ2) is 7.55. The fraction of sp³-hybridized carbons (Fsp3) is 0.235. The second-order valence-corrected chi connectivity index (χ2v) is 4.93. The summed E-state index contributed by atoms with van der Waals surface area (Å²) in [5, 5.41) is 2.75. The highest BCUT2D eigenvalue weighted by molar-refractivity contribution is 5.81. The number of halogens is 1. The lowest BCUT2D eigenvalue weighted by Gasteiger charge is -2.12. The summed E-state index contributed by atoms with van der Waals surface area (Å²) >= 11 is 0. The Morgan fingerprint density at radius 2 is 1.76 bits per heavy atom. The van der Waals surface area contributed by atoms with Crippen LogP contribution < -0.4 is 11.1 Å². The predicted octanol–water partition coefficient (Wildman–Crippen LogP) is 2.05. The molecule has 0 fully saturated rings. The number of hydrogen-bond acceptors (Lipinski definition) is 2. The first-order valence-corrected chi connectivity index (χ1v) is 6.97. The van der Waals surface area contributed by atoms with E-state index >= 15 is 0 Å². The van der Waals surface area contributed by atoms with Crippen LogP contribution in [0.15, 0.2) is 54.6 Å². The van der Waals surface area contributed by atoms with Gasteiger partial charge >= 0.3 is 0 Å². The maximum Gasteiger partial charge on any atom is 0.237 e. The van der Waals surface area contributed by atoms with Crippen molar-refractivity contribution in [2.75, 3.05) is 6.54 Å². The van der Waals surface area contributed by atoms with Crippen molar-refractivity contribution >= 4 is 5.91 Å². The molecule has 1 atom stereocenters. The van der Waals surface area contributed by atoms with Gasteiger partial charge in [-0.2, -0.15) is 0 Å². The van der Waals surface area contributed by atoms with E-state index in [2.05, 4.69) is 5.32 Å². The summed E-state index contributed by atoms with van der Waals surface area (Å²) in [5.74, 6) is -0.462. The third-order valence-electron chi connectivity index (χ3n) is 3.29. The average molecular weight is 286 g/mol. The molecular weight excluding hydrogens is 267 g/mol. The zero-order valence-electron chi connectivity index (χ0n) is 11.8. The molecule has 3 N–H and O–H groups in total. The number of nitrogens with one attached hydrogen (secondary N) is 1. The SMILES string of the molecule is NC(Cc1ccccc1)C(=O)NCCc1ccccc1F. The molecule has 1 unspecified atom stereocenters. The Hall–Kier alpha value is -2.20. The van der Waals surface area contributed by atoms with Crippen LogP contribution in [0, 0.1) is 5.82 Å². The minimum atomic E-state index is -0.590. The van der Waals surface area contributed by atoms with Gasteiger partial charge in [0, 0.05) is 6.54 Å². The van der Waals surface area contributed by atoms with E-state index in [-0.39, 0.29) is 11.7 Å². The Balaban J connectivity index is 1.78. The molecule has 2 rings (SSSR count). The lowest BCUT2D eigenvalue weighted by molar-refractivity contribution is -0.122. The molecule has 0 radical (unpaired) electrons. The first-order chi connectivity index (χ1) is 10.2. The number of nitrogens with two attached hydrogens (primary N) is 1. The average Bonchev–Trinajstić information content (AvgIpc) is 2.50. The first-order valence-electron chi connectivity index (χ1n) is 6.97. The van der Waals surface area contributed by atoms with Crippen LogP contribution in [0.25, 0.3) is 0 Å². The van der Waals surface area contributed by atoms with E-state index in [1.54, 1.807) is 18.2 Å². The summed E-state index contributed by atoms with van der Waals surface area (Å²) in [6.07, 6.45) is 0.947. The largest absolute Gasteiger partial charge is 0.354 e. The van der Waals surface area contributed by atoms with E-state index in [4.69, 9.17) is 5.73 Å². The molecule has 0 aromatic heterocycles. The van der Waals surface area contributed by atoms with E-state index in [1.165, 1.54) is 6.07 Å². The van der Waals surface area contributed by atoms with Crippen molar-refractivity contribution in [3.8, 4) is 0 Å². The second-order valence-electron chi connectivity index (χ2n) is 4.93. The molecule has 0 saturated heterocycles. The zero-order chi connectivity index (χ0) is 15.1. The normalized spacial score (nSPS) is 11.9. The highest BCUT2D eigenvalue weighted by Gasteiger charge is 2.13. The van der Waals surface area contributed by atoms with E-state index in [0.717, 1.165) is 5.56 Å². The lowest BCUT2D eigenvalue weighted by Crippen LogP contribution is -2.42. The van der Waals surface area contributed by atoms with Crippen molar-refractivity contribution in [3.63, 3.8) is 0 Å². The molecule has 4 heteroatoms. The minimum absolute atomic E-state index is 0.213. The molecular formula is C17H19FN2O. The minimum Gasteiger partial charge on any atom is -0.354 e. The van der Waals surface area contributed by atoms with E-state index in [9.17, 15) is 9.18 Å². The third-order valence-corrected chi connectivity index (χ3v) is 3.29. The van der Waals surface area contributed by atoms with Crippen molar-refractivity contribution < 1.29 is 9.18 Å². The van der Waals surface area contributed by atoms with Gasteiger partial charge in [0.2, 0.25) is 5.91 Å². The monoisotopic (exact) mass is 286 g/mol. The maximum absolute atomic E-state index is 13.4. The molecule has 21 heavy (non-hydrogen) atoms. The number of hydrogen-bond donors (Lipinski definition) is 2. The van der Waals surface area contributed by atoms with Crippen molar-refractivity contribution in [1.29, 1.82) is 0 Å². The van der Waals surface area contributed by atoms with Crippen molar-refractivity contribution in [3.05, 3.63) is 71.5 Å². The molecule has 0 heterocycles. The van der Waals surface area contributed by atoms with Gasteiger partial charge in [0.1, 0.15) is 5.82 Å². The van der Waals surface area contributed by atoms with Crippen molar-refractivity contribution in [1.82, 2.24) is 5.32 Å². The summed E-state index contributed by atoms with van der Waals surface area (Å²) < 4.78 is 13.4. The molecule has 3 nitrogen and oxygen atoms in total. The van der Waals surface area contributed by atoms with Crippen LogP contribution in [-0.2, 0) is 17.6 Å². The molecule has 0 bridgehead atoms. The molecule has 2 aromatic carbocycles. The predicted molar refractivity (Wildman–Crippen MR) is 81.2 cm³/mol. The van der Waals surface area contributed by atoms with Gasteiger partial charge in [-0.05, 0) is 30.0 Å². The number of benzene rings is 2.